The first kappa shape index (κ1) is 28.0. The minimum atomic E-state index is 0. The van der Waals surface area contributed by atoms with Gasteiger partial charge in [0.1, 0.15) is 0 Å². The fourth-order valence-electron chi connectivity index (χ4n) is 5.07. The molecule has 8 heteroatoms. The third kappa shape index (κ3) is 7.36. The van der Waals surface area contributed by atoms with Gasteiger partial charge in [0, 0.05) is 57.8 Å². The molecule has 33 heavy (non-hydrogen) atoms. The van der Waals surface area contributed by atoms with E-state index in [1.807, 2.05) is 13.1 Å². The Kier molecular flexibility index (Phi) is 11.5. The van der Waals surface area contributed by atoms with Crippen LogP contribution >= 0.6 is 24.0 Å². The van der Waals surface area contributed by atoms with Crippen molar-refractivity contribution in [2.24, 2.45) is 4.99 Å². The molecule has 1 aromatic carbocycles. The molecule has 1 unspecified atom stereocenters. The molecule has 1 atom stereocenters. The van der Waals surface area contributed by atoms with E-state index in [4.69, 9.17) is 9.47 Å². The summed E-state index contributed by atoms with van der Waals surface area (Å²) in [5.41, 5.74) is 1.40. The molecule has 0 spiro atoms. The fourth-order valence-corrected chi connectivity index (χ4v) is 5.07. The van der Waals surface area contributed by atoms with E-state index in [1.54, 1.807) is 14.2 Å². The van der Waals surface area contributed by atoms with Gasteiger partial charge in [-0.15, -0.1) is 24.0 Å². The Balaban J connectivity index is 0.00000385. The van der Waals surface area contributed by atoms with E-state index in [1.165, 1.54) is 37.7 Å². The minimum absolute atomic E-state index is 0. The summed E-state index contributed by atoms with van der Waals surface area (Å²) in [5.74, 6) is 2.47. The van der Waals surface area contributed by atoms with Crippen molar-refractivity contribution in [3.63, 3.8) is 0 Å². The van der Waals surface area contributed by atoms with Crippen molar-refractivity contribution in [1.82, 2.24) is 20.4 Å². The molecule has 188 valence electrons. The molecule has 3 rings (SSSR count). The second-order valence-electron chi connectivity index (χ2n) is 9.41. The second-order valence-corrected chi connectivity index (χ2v) is 9.41. The van der Waals surface area contributed by atoms with Crippen molar-refractivity contribution in [2.75, 3.05) is 67.6 Å². The van der Waals surface area contributed by atoms with E-state index in [0.717, 1.165) is 56.7 Å². The Hall–Kier alpha value is -1.26. The second kappa shape index (κ2) is 13.6. The molecule has 0 amide bonds. The highest BCUT2D eigenvalue weighted by Gasteiger charge is 2.35. The van der Waals surface area contributed by atoms with Gasteiger partial charge in [0.15, 0.2) is 17.5 Å². The fraction of sp³-hybridized carbons (Fsp3) is 0.720. The van der Waals surface area contributed by atoms with Crippen LogP contribution in [0.25, 0.3) is 0 Å². The molecule has 0 bridgehead atoms. The summed E-state index contributed by atoms with van der Waals surface area (Å²) >= 11 is 0. The number of hydrogen-bond donors (Lipinski definition) is 2. The van der Waals surface area contributed by atoms with Crippen LogP contribution in [0.1, 0.15) is 44.6 Å². The van der Waals surface area contributed by atoms with Crippen LogP contribution in [-0.2, 0) is 5.41 Å². The van der Waals surface area contributed by atoms with Crippen LogP contribution in [0.2, 0.25) is 0 Å². The van der Waals surface area contributed by atoms with Crippen molar-refractivity contribution < 1.29 is 9.47 Å². The Morgan fingerprint density at radius 3 is 2.30 bits per heavy atom. The number of nitrogens with one attached hydrogen (secondary N) is 2. The van der Waals surface area contributed by atoms with Crippen LogP contribution in [0, 0.1) is 0 Å². The molecule has 1 saturated heterocycles. The third-order valence-electron chi connectivity index (χ3n) is 7.35. The van der Waals surface area contributed by atoms with E-state index < -0.39 is 0 Å². The molecule has 1 aliphatic heterocycles. The number of rotatable bonds is 8. The SMILES string of the molecule is CN=C(NCC(C)N1CCN(C)CC1)NCC1(c2ccc(OC)c(OC)c2)CCCCC1.I. The molecule has 1 aromatic rings. The zero-order chi connectivity index (χ0) is 23.0. The van der Waals surface area contributed by atoms with E-state index in [0.29, 0.717) is 6.04 Å². The summed E-state index contributed by atoms with van der Waals surface area (Å²) < 4.78 is 11.1. The average molecular weight is 574 g/mol. The van der Waals surface area contributed by atoms with E-state index in [-0.39, 0.29) is 29.4 Å². The molecular formula is C25H44IN5O2. The first-order valence-corrected chi connectivity index (χ1v) is 12.1. The van der Waals surface area contributed by atoms with Gasteiger partial charge in [-0.05, 0) is 44.5 Å². The zero-order valence-corrected chi connectivity index (χ0v) is 23.5. The van der Waals surface area contributed by atoms with Crippen LogP contribution in [0.4, 0.5) is 0 Å². The van der Waals surface area contributed by atoms with E-state index in [2.05, 4.69) is 51.5 Å². The Labute approximate surface area is 217 Å². The van der Waals surface area contributed by atoms with Gasteiger partial charge in [0.25, 0.3) is 0 Å². The van der Waals surface area contributed by atoms with Gasteiger partial charge in [-0.3, -0.25) is 9.89 Å². The molecule has 2 N–H and O–H groups in total. The van der Waals surface area contributed by atoms with Crippen molar-refractivity contribution in [1.29, 1.82) is 0 Å². The van der Waals surface area contributed by atoms with Gasteiger partial charge >= 0.3 is 0 Å². The Morgan fingerprint density at radius 1 is 1.03 bits per heavy atom. The number of benzene rings is 1. The average Bonchev–Trinajstić information content (AvgIpc) is 2.84. The van der Waals surface area contributed by atoms with E-state index in [9.17, 15) is 0 Å². The number of likely N-dealkylation sites (N-methyl/N-ethyl adjacent to an activating group) is 1. The molecular weight excluding hydrogens is 529 g/mol. The molecule has 2 aliphatic rings. The topological polar surface area (TPSA) is 61.4 Å². The number of aliphatic imine (C=N–C) groups is 1. The highest BCUT2D eigenvalue weighted by molar-refractivity contribution is 14.0. The molecule has 0 aromatic heterocycles. The smallest absolute Gasteiger partial charge is 0.191 e. The number of guanidine groups is 1. The standard InChI is InChI=1S/C25H43N5O2.HI/c1-20(30-15-13-29(3)14-16-30)18-27-24(26-2)28-19-25(11-7-6-8-12-25)21-9-10-22(31-4)23(17-21)32-5;/h9-10,17,20H,6-8,11-16,18-19H2,1-5H3,(H2,26,27,28);1H. The lowest BCUT2D eigenvalue weighted by Gasteiger charge is -2.39. The van der Waals surface area contributed by atoms with Crippen LogP contribution in [0.5, 0.6) is 11.5 Å². The summed E-state index contributed by atoms with van der Waals surface area (Å²) in [7, 11) is 7.46. The lowest BCUT2D eigenvalue weighted by atomic mass is 9.69. The van der Waals surface area contributed by atoms with E-state index >= 15 is 0 Å². The van der Waals surface area contributed by atoms with Crippen LogP contribution in [-0.4, -0.2) is 89.4 Å². The number of methoxy groups -OCH3 is 2. The summed E-state index contributed by atoms with van der Waals surface area (Å²) in [6.45, 7) is 8.62. The first-order valence-electron chi connectivity index (χ1n) is 12.1. The van der Waals surface area contributed by atoms with Crippen molar-refractivity contribution in [3.8, 4) is 11.5 Å². The summed E-state index contributed by atoms with van der Waals surface area (Å²) in [5, 5.41) is 7.22. The predicted molar refractivity (Wildman–Crippen MR) is 148 cm³/mol. The molecule has 7 nitrogen and oxygen atoms in total. The Morgan fingerprint density at radius 2 is 1.70 bits per heavy atom. The van der Waals surface area contributed by atoms with Gasteiger partial charge in [0.05, 0.1) is 14.2 Å². The van der Waals surface area contributed by atoms with Crippen molar-refractivity contribution in [2.45, 2.75) is 50.5 Å². The van der Waals surface area contributed by atoms with Gasteiger partial charge in [0.2, 0.25) is 0 Å². The lowest BCUT2D eigenvalue weighted by molar-refractivity contribution is 0.120. The first-order chi connectivity index (χ1) is 15.5. The summed E-state index contributed by atoms with van der Waals surface area (Å²) in [6.07, 6.45) is 6.16. The zero-order valence-electron chi connectivity index (χ0n) is 21.2. The summed E-state index contributed by atoms with van der Waals surface area (Å²) in [4.78, 5) is 9.47. The molecule has 0 radical (unpaired) electrons. The number of hydrogen-bond acceptors (Lipinski definition) is 5. The minimum Gasteiger partial charge on any atom is -0.493 e. The third-order valence-corrected chi connectivity index (χ3v) is 7.35. The largest absolute Gasteiger partial charge is 0.493 e. The van der Waals surface area contributed by atoms with Crippen LogP contribution in [0.15, 0.2) is 23.2 Å². The maximum absolute atomic E-state index is 5.60. The molecule has 1 aliphatic carbocycles. The molecule has 1 heterocycles. The maximum atomic E-state index is 5.60. The monoisotopic (exact) mass is 573 g/mol. The van der Waals surface area contributed by atoms with Gasteiger partial charge in [-0.25, -0.2) is 0 Å². The quantitative estimate of drug-likeness (QED) is 0.283. The van der Waals surface area contributed by atoms with Crippen molar-refractivity contribution >= 4 is 29.9 Å². The Bertz CT molecular complexity index is 746. The highest BCUT2D eigenvalue weighted by atomic mass is 127. The number of piperazine rings is 1. The molecule has 2 fully saturated rings. The normalized spacial score (nSPS) is 20.5. The van der Waals surface area contributed by atoms with Crippen molar-refractivity contribution in [3.05, 3.63) is 23.8 Å². The number of ether oxygens (including phenoxy) is 2. The lowest BCUT2D eigenvalue weighted by Crippen LogP contribution is -2.53. The predicted octanol–water partition coefficient (Wildman–Crippen LogP) is 3.32. The van der Waals surface area contributed by atoms with Crippen LogP contribution in [0.3, 0.4) is 0 Å². The van der Waals surface area contributed by atoms with Gasteiger partial charge < -0.3 is 25.0 Å². The van der Waals surface area contributed by atoms with Gasteiger partial charge in [-0.2, -0.15) is 0 Å². The number of nitrogens with zero attached hydrogens (tertiary/aromatic N) is 3. The maximum Gasteiger partial charge on any atom is 0.191 e. The highest BCUT2D eigenvalue weighted by Crippen LogP contribution is 2.42. The van der Waals surface area contributed by atoms with Crippen LogP contribution < -0.4 is 20.1 Å². The summed E-state index contributed by atoms with van der Waals surface area (Å²) in [6, 6.07) is 6.89. The number of halogens is 1. The van der Waals surface area contributed by atoms with Gasteiger partial charge in [-0.1, -0.05) is 25.3 Å². The molecule has 1 saturated carbocycles.